The molecule has 0 aliphatic carbocycles. The van der Waals surface area contributed by atoms with Crippen molar-refractivity contribution in [3.05, 3.63) is 59.5 Å². The smallest absolute Gasteiger partial charge is 0.253 e. The van der Waals surface area contributed by atoms with Crippen LogP contribution in [0.15, 0.2) is 42.9 Å². The summed E-state index contributed by atoms with van der Waals surface area (Å²) in [4.78, 5) is 20.2. The molecule has 9 nitrogen and oxygen atoms in total. The van der Waals surface area contributed by atoms with Crippen LogP contribution in [0.3, 0.4) is 0 Å². The molecule has 3 saturated heterocycles. The van der Waals surface area contributed by atoms with Gasteiger partial charge in [-0.1, -0.05) is 12.1 Å². The minimum absolute atomic E-state index is 0.0682. The second-order valence-corrected chi connectivity index (χ2v) is 10.6. The second kappa shape index (κ2) is 8.83. The Labute approximate surface area is 210 Å². The van der Waals surface area contributed by atoms with E-state index in [1.54, 1.807) is 0 Å². The van der Waals surface area contributed by atoms with E-state index >= 15 is 0 Å². The van der Waals surface area contributed by atoms with E-state index in [4.69, 9.17) is 16.2 Å². The Morgan fingerprint density at radius 1 is 1.17 bits per heavy atom. The van der Waals surface area contributed by atoms with Crippen LogP contribution in [0.5, 0.6) is 0 Å². The zero-order valence-corrected chi connectivity index (χ0v) is 20.6. The number of aromatic amines is 1. The van der Waals surface area contributed by atoms with Crippen molar-refractivity contribution in [3.63, 3.8) is 0 Å². The number of hydrogen-bond acceptors (Lipinski definition) is 6. The Balaban J connectivity index is 1.18. The molecule has 6 rings (SSSR count). The summed E-state index contributed by atoms with van der Waals surface area (Å²) in [6.45, 7) is 5.25. The van der Waals surface area contributed by atoms with Gasteiger partial charge in [-0.3, -0.25) is 9.48 Å². The van der Waals surface area contributed by atoms with Gasteiger partial charge in [-0.05, 0) is 56.8 Å². The first-order valence-corrected chi connectivity index (χ1v) is 12.6. The van der Waals surface area contributed by atoms with Crippen molar-refractivity contribution in [2.24, 2.45) is 11.1 Å². The van der Waals surface area contributed by atoms with Gasteiger partial charge in [0.2, 0.25) is 0 Å². The van der Waals surface area contributed by atoms with Crippen LogP contribution in [0.1, 0.15) is 40.4 Å². The maximum Gasteiger partial charge on any atom is 0.253 e. The molecule has 3 aliphatic heterocycles. The first-order valence-electron chi connectivity index (χ1n) is 12.6. The largest absolute Gasteiger partial charge is 0.398 e. The van der Waals surface area contributed by atoms with Gasteiger partial charge in [0, 0.05) is 53.4 Å². The highest BCUT2D eigenvalue weighted by Crippen LogP contribution is 2.38. The number of ether oxygens (including phenoxy) is 1. The highest BCUT2D eigenvalue weighted by molar-refractivity contribution is 5.96. The number of carbonyl (C=O) groups is 1. The summed E-state index contributed by atoms with van der Waals surface area (Å²) < 4.78 is 7.35. The number of nitrogen functional groups attached to an aromatic ring is 1. The molecule has 2 aromatic heterocycles. The van der Waals surface area contributed by atoms with Gasteiger partial charge in [0.1, 0.15) is 5.82 Å². The molecular weight excluding hydrogens is 454 g/mol. The van der Waals surface area contributed by atoms with E-state index in [0.29, 0.717) is 23.1 Å². The molecule has 5 heterocycles. The fraction of sp³-hybridized carbons (Fsp3) is 0.407. The van der Waals surface area contributed by atoms with Crippen LogP contribution in [0.4, 0.5) is 5.82 Å². The number of piperidine rings is 1. The summed E-state index contributed by atoms with van der Waals surface area (Å²) in [5.74, 6) is 0.614. The lowest BCUT2D eigenvalue weighted by atomic mass is 9.78. The number of anilines is 1. The number of nitrogens with zero attached hydrogens (tertiary/aromatic N) is 4. The number of hydrogen-bond donors (Lipinski definition) is 3. The molecular formula is C27H33N7O2. The van der Waals surface area contributed by atoms with E-state index < -0.39 is 0 Å². The van der Waals surface area contributed by atoms with Crippen molar-refractivity contribution in [2.45, 2.75) is 18.9 Å². The van der Waals surface area contributed by atoms with Gasteiger partial charge in [0.05, 0.1) is 30.9 Å². The Hall–Kier alpha value is -3.56. The van der Waals surface area contributed by atoms with Gasteiger partial charge in [0.25, 0.3) is 5.91 Å². The number of amides is 1. The molecule has 0 atom stereocenters. The third kappa shape index (κ3) is 4.08. The zero-order valence-electron chi connectivity index (χ0n) is 20.6. The van der Waals surface area contributed by atoms with Crippen molar-refractivity contribution in [1.29, 1.82) is 0 Å². The van der Waals surface area contributed by atoms with E-state index in [9.17, 15) is 4.79 Å². The van der Waals surface area contributed by atoms with Gasteiger partial charge in [-0.2, -0.15) is 5.10 Å². The van der Waals surface area contributed by atoms with Gasteiger partial charge < -0.3 is 31.0 Å². The molecule has 5 N–H and O–H groups in total. The first-order chi connectivity index (χ1) is 17.4. The molecule has 3 fully saturated rings. The van der Waals surface area contributed by atoms with Crippen molar-refractivity contribution >= 4 is 23.5 Å². The molecule has 1 amide bonds. The SMILES string of the molecule is CN1CCC(n2cc(/C(N)=C/c3c(-c4ccc(C(=O)N5CC6(COC6)C5)cc4)c[nH]c3N)cn2)CC1. The summed E-state index contributed by atoms with van der Waals surface area (Å²) in [5.41, 5.74) is 17.9. The lowest BCUT2D eigenvalue weighted by Crippen LogP contribution is -2.67. The summed E-state index contributed by atoms with van der Waals surface area (Å²) >= 11 is 0. The van der Waals surface area contributed by atoms with Crippen LogP contribution < -0.4 is 11.5 Å². The summed E-state index contributed by atoms with van der Waals surface area (Å²) in [5, 5.41) is 4.58. The lowest BCUT2D eigenvalue weighted by Gasteiger charge is -2.54. The topological polar surface area (TPSA) is 118 Å². The van der Waals surface area contributed by atoms with Crippen LogP contribution in [-0.2, 0) is 4.74 Å². The third-order valence-electron chi connectivity index (χ3n) is 7.85. The molecule has 0 bridgehead atoms. The molecule has 1 aromatic carbocycles. The highest BCUT2D eigenvalue weighted by Gasteiger charge is 2.50. The van der Waals surface area contributed by atoms with Crippen molar-refractivity contribution in [2.75, 3.05) is 52.2 Å². The fourth-order valence-corrected chi connectivity index (χ4v) is 5.49. The van der Waals surface area contributed by atoms with Gasteiger partial charge in [-0.15, -0.1) is 0 Å². The average Bonchev–Trinajstić information content (AvgIpc) is 3.46. The van der Waals surface area contributed by atoms with E-state index in [-0.39, 0.29) is 11.3 Å². The van der Waals surface area contributed by atoms with Gasteiger partial charge in [0.15, 0.2) is 0 Å². The quantitative estimate of drug-likeness (QED) is 0.509. The number of benzene rings is 1. The molecule has 36 heavy (non-hydrogen) atoms. The molecule has 3 aromatic rings. The number of carbonyl (C=O) groups excluding carboxylic acids is 1. The highest BCUT2D eigenvalue weighted by atomic mass is 16.5. The standard InChI is InChI=1S/C27H33N7O2/c1-32-8-6-21(7-9-32)34-13-20(11-31-34)24(28)10-22-23(12-30-25(22)29)18-2-4-19(5-3-18)26(35)33-14-27(15-33)16-36-17-27/h2-5,10-13,21,30H,6-9,14-17,28-29H2,1H3/b24-10-. The minimum Gasteiger partial charge on any atom is -0.398 e. The molecule has 188 valence electrons. The number of aromatic nitrogens is 3. The summed E-state index contributed by atoms with van der Waals surface area (Å²) in [6.07, 6.45) is 9.80. The third-order valence-corrected chi connectivity index (χ3v) is 7.85. The Morgan fingerprint density at radius 3 is 2.56 bits per heavy atom. The van der Waals surface area contributed by atoms with E-state index in [1.807, 2.05) is 58.5 Å². The van der Waals surface area contributed by atoms with Crippen molar-refractivity contribution in [3.8, 4) is 11.1 Å². The van der Waals surface area contributed by atoms with E-state index in [2.05, 4.69) is 22.0 Å². The number of nitrogens with two attached hydrogens (primary N) is 2. The van der Waals surface area contributed by atoms with E-state index in [0.717, 1.165) is 74.5 Å². The Morgan fingerprint density at radius 2 is 1.89 bits per heavy atom. The van der Waals surface area contributed by atoms with Crippen LogP contribution in [0, 0.1) is 5.41 Å². The number of rotatable bonds is 5. The molecule has 9 heteroatoms. The Bertz CT molecular complexity index is 1290. The normalized spacial score (nSPS) is 20.4. The molecule has 0 unspecified atom stereocenters. The van der Waals surface area contributed by atoms with Crippen molar-refractivity contribution < 1.29 is 9.53 Å². The zero-order chi connectivity index (χ0) is 24.9. The minimum atomic E-state index is 0.0682. The summed E-state index contributed by atoms with van der Waals surface area (Å²) in [7, 11) is 2.15. The van der Waals surface area contributed by atoms with E-state index in [1.165, 1.54) is 0 Å². The fourth-order valence-electron chi connectivity index (χ4n) is 5.49. The predicted octanol–water partition coefficient (Wildman–Crippen LogP) is 2.66. The predicted molar refractivity (Wildman–Crippen MR) is 140 cm³/mol. The number of likely N-dealkylation sites (tertiary alicyclic amines) is 2. The Kier molecular flexibility index (Phi) is 5.61. The number of H-pyrrole nitrogens is 1. The second-order valence-electron chi connectivity index (χ2n) is 10.6. The van der Waals surface area contributed by atoms with Gasteiger partial charge in [-0.25, -0.2) is 0 Å². The maximum absolute atomic E-state index is 12.8. The average molecular weight is 488 g/mol. The van der Waals surface area contributed by atoms with Crippen LogP contribution in [0.2, 0.25) is 0 Å². The summed E-state index contributed by atoms with van der Waals surface area (Å²) in [6, 6.07) is 8.09. The number of nitrogens with one attached hydrogen (secondary N) is 1. The van der Waals surface area contributed by atoms with Crippen molar-refractivity contribution in [1.82, 2.24) is 24.6 Å². The first kappa shape index (κ1) is 22.9. The van der Waals surface area contributed by atoms with Crippen LogP contribution in [0.25, 0.3) is 22.9 Å². The van der Waals surface area contributed by atoms with Crippen LogP contribution >= 0.6 is 0 Å². The van der Waals surface area contributed by atoms with Gasteiger partial charge >= 0.3 is 0 Å². The molecule has 0 saturated carbocycles. The lowest BCUT2D eigenvalue weighted by molar-refractivity contribution is -0.176. The van der Waals surface area contributed by atoms with Crippen LogP contribution in [-0.4, -0.2) is 76.9 Å². The maximum atomic E-state index is 12.8. The molecule has 1 spiro atoms. The molecule has 0 radical (unpaired) electrons. The molecule has 3 aliphatic rings. The monoisotopic (exact) mass is 487 g/mol.